The number of aryl methyl sites for hydroxylation is 4. The second-order valence-electron chi connectivity index (χ2n) is 35.8. The first-order valence-corrected chi connectivity index (χ1v) is 47.0. The SMILES string of the molecule is Cc1cc(NC(=O)c2cncc(C#Cc3cnc4ccccn34)c2)ccc1CN1CCN(C)CC1.Cc1cc(NC(=O)c2cncc(C#Cc3cnc4ccccn34)c2)ccc1CN1CCN(C)CC1.Cc1cc(NC(=O)c2cncc(C#Cc3cnc4ccccn34)c2)ccc1CN1CCN(C)CC1.Cc1cc(NC(=O)c2cncc(C#Cc3cnc4ccccn34)c2)ccc1CN1CCN(C)CC1. The van der Waals surface area contributed by atoms with E-state index in [0.29, 0.717) is 44.5 Å². The number of hydrogen-bond acceptors (Lipinski definition) is 20. The van der Waals surface area contributed by atoms with Crippen LogP contribution in [0.5, 0.6) is 0 Å². The number of piperazine rings is 4. The smallest absolute Gasteiger partial charge is 0.257 e. The Kier molecular flexibility index (Phi) is 31.3. The first-order chi connectivity index (χ1) is 68.2. The zero-order valence-corrected chi connectivity index (χ0v) is 80.1. The van der Waals surface area contributed by atoms with E-state index in [4.69, 9.17) is 0 Å². The zero-order valence-electron chi connectivity index (χ0n) is 80.1. The van der Waals surface area contributed by atoms with E-state index >= 15 is 0 Å². The molecule has 4 aliphatic heterocycles. The van der Waals surface area contributed by atoms with E-state index in [9.17, 15) is 19.2 Å². The van der Waals surface area contributed by atoms with Gasteiger partial charge in [-0.3, -0.25) is 76.3 Å². The highest BCUT2D eigenvalue weighted by Gasteiger charge is 2.23. The number of nitrogens with zero attached hydrogens (tertiary/aromatic N) is 20. The molecule has 4 N–H and O–H groups in total. The molecule has 704 valence electrons. The number of imidazole rings is 4. The molecule has 16 heterocycles. The summed E-state index contributed by atoms with van der Waals surface area (Å²) in [4.78, 5) is 105. The van der Waals surface area contributed by atoms with Crippen LogP contribution in [-0.4, -0.2) is 253 Å². The van der Waals surface area contributed by atoms with E-state index in [2.05, 4.69) is 228 Å². The van der Waals surface area contributed by atoms with Gasteiger partial charge in [0.05, 0.1) is 47.0 Å². The van der Waals surface area contributed by atoms with E-state index in [-0.39, 0.29) is 23.6 Å². The number of carbonyl (C=O) groups is 4. The Morgan fingerprint density at radius 3 is 0.679 bits per heavy atom. The Morgan fingerprint density at radius 1 is 0.257 bits per heavy atom. The highest BCUT2D eigenvalue weighted by Crippen LogP contribution is 2.26. The largest absolute Gasteiger partial charge is 0.322 e. The molecule has 0 unspecified atom stereocenters. The van der Waals surface area contributed by atoms with Crippen LogP contribution in [0.4, 0.5) is 22.7 Å². The lowest BCUT2D eigenvalue weighted by molar-refractivity contribution is 0.101. The highest BCUT2D eigenvalue weighted by molar-refractivity contribution is 6.06. The molecule has 16 aromatic rings. The first-order valence-electron chi connectivity index (χ1n) is 47.0. The Labute approximate surface area is 816 Å². The number of carbonyl (C=O) groups excluding carboxylic acids is 4. The van der Waals surface area contributed by atoms with Crippen molar-refractivity contribution in [2.75, 3.05) is 154 Å². The quantitative estimate of drug-likeness (QED) is 0.0655. The second kappa shape index (κ2) is 45.8. The van der Waals surface area contributed by atoms with Gasteiger partial charge < -0.3 is 40.9 Å². The van der Waals surface area contributed by atoms with Crippen molar-refractivity contribution in [1.29, 1.82) is 0 Å². The molecular weight excluding hydrogens is 1750 g/mol. The van der Waals surface area contributed by atoms with Crippen LogP contribution < -0.4 is 21.3 Å². The van der Waals surface area contributed by atoms with Crippen LogP contribution in [0, 0.1) is 75.1 Å². The fourth-order valence-electron chi connectivity index (χ4n) is 16.8. The summed E-state index contributed by atoms with van der Waals surface area (Å²) in [5.41, 5.74) is 24.0. The minimum Gasteiger partial charge on any atom is -0.322 e. The van der Waals surface area contributed by atoms with Crippen molar-refractivity contribution >= 4 is 69.0 Å². The lowest BCUT2D eigenvalue weighted by Crippen LogP contribution is -2.43. The molecule has 0 atom stereocenters. The minimum atomic E-state index is -0.206. The molecule has 4 fully saturated rings. The molecule has 4 saturated heterocycles. The van der Waals surface area contributed by atoms with Crippen LogP contribution in [-0.2, 0) is 26.2 Å². The monoisotopic (exact) mass is 1860 g/mol. The molecule has 0 spiro atoms. The predicted molar refractivity (Wildman–Crippen MR) is 549 cm³/mol. The molecule has 0 aliphatic carbocycles. The maximum atomic E-state index is 12.9. The summed E-state index contributed by atoms with van der Waals surface area (Å²) in [6.45, 7) is 29.6. The Bertz CT molecular complexity index is 6560. The molecular formula is C112H112N24O4. The third-order valence-corrected chi connectivity index (χ3v) is 25.4. The highest BCUT2D eigenvalue weighted by atomic mass is 16.2. The van der Waals surface area contributed by atoms with Gasteiger partial charge in [-0.05, 0) is 245 Å². The first kappa shape index (κ1) is 95.8. The summed E-state index contributed by atoms with van der Waals surface area (Å²) < 4.78 is 7.69. The summed E-state index contributed by atoms with van der Waals surface area (Å²) >= 11 is 0. The van der Waals surface area contributed by atoms with E-state index in [1.807, 2.05) is 164 Å². The van der Waals surface area contributed by atoms with E-state index in [1.165, 1.54) is 44.5 Å². The third kappa shape index (κ3) is 25.6. The number of likely N-dealkylation sites (N-methyl/N-ethyl adjacent to an activating group) is 4. The summed E-state index contributed by atoms with van der Waals surface area (Å²) in [6.07, 6.45) is 27.5. The molecule has 0 radical (unpaired) electrons. The number of fused-ring (bicyclic) bond motifs is 4. The van der Waals surface area contributed by atoms with Gasteiger partial charge in [0.2, 0.25) is 0 Å². The molecule has 12 aromatic heterocycles. The minimum absolute atomic E-state index is 0.206. The molecule has 0 bridgehead atoms. The Morgan fingerprint density at radius 2 is 0.471 bits per heavy atom. The van der Waals surface area contributed by atoms with Crippen molar-refractivity contribution < 1.29 is 19.2 Å². The summed E-state index contributed by atoms with van der Waals surface area (Å²) in [5.74, 6) is 24.0. The van der Waals surface area contributed by atoms with Gasteiger partial charge in [-0.1, -0.05) is 72.2 Å². The van der Waals surface area contributed by atoms with Crippen molar-refractivity contribution in [3.63, 3.8) is 0 Å². The molecule has 0 saturated carbocycles. The average Bonchev–Trinajstić information content (AvgIpc) is 1.69. The summed E-state index contributed by atoms with van der Waals surface area (Å²) in [5, 5.41) is 12.0. The van der Waals surface area contributed by atoms with Gasteiger partial charge in [0, 0.05) is 250 Å². The number of benzene rings is 4. The van der Waals surface area contributed by atoms with Crippen molar-refractivity contribution in [2.24, 2.45) is 0 Å². The maximum absolute atomic E-state index is 12.9. The van der Waals surface area contributed by atoms with Gasteiger partial charge in [-0.2, -0.15) is 0 Å². The average molecular weight is 1860 g/mol. The van der Waals surface area contributed by atoms with Gasteiger partial charge in [0.15, 0.2) is 0 Å². The number of rotatable bonds is 16. The number of anilines is 4. The van der Waals surface area contributed by atoms with Gasteiger partial charge in [0.25, 0.3) is 23.6 Å². The fraction of sp³-hybridized carbons (Fsp3) is 0.250. The van der Waals surface area contributed by atoms with Crippen LogP contribution in [0.15, 0.2) is 269 Å². The van der Waals surface area contributed by atoms with Gasteiger partial charge in [-0.15, -0.1) is 0 Å². The van der Waals surface area contributed by atoms with Gasteiger partial charge >= 0.3 is 0 Å². The molecule has 4 amide bonds. The van der Waals surface area contributed by atoms with Crippen molar-refractivity contribution in [2.45, 2.75) is 53.9 Å². The standard InChI is InChI=1S/4C28H28N6O/c4*1-21-15-25(8-7-23(21)20-33-13-11-32(2)12-14-33)31-28(35)24-16-22(17-29-18-24)6-9-26-19-30-27-5-3-4-10-34(26)27/h4*3-5,7-8,10,15-19H,11-14,20H2,1-2H3,(H,31,35). The second-order valence-corrected chi connectivity index (χ2v) is 35.8. The van der Waals surface area contributed by atoms with Crippen LogP contribution >= 0.6 is 0 Å². The van der Waals surface area contributed by atoms with Crippen molar-refractivity contribution in [1.82, 2.24) is 96.7 Å². The van der Waals surface area contributed by atoms with Crippen LogP contribution in [0.2, 0.25) is 0 Å². The molecule has 140 heavy (non-hydrogen) atoms. The van der Waals surface area contributed by atoms with Crippen molar-refractivity contribution in [3.8, 4) is 47.4 Å². The van der Waals surface area contributed by atoms with E-state index in [1.54, 1.807) is 98.6 Å². The van der Waals surface area contributed by atoms with E-state index < -0.39 is 0 Å². The Hall–Kier alpha value is -16.0. The maximum Gasteiger partial charge on any atom is 0.257 e. The number of nitrogens with one attached hydrogen (secondary N) is 4. The fourth-order valence-corrected chi connectivity index (χ4v) is 16.8. The zero-order chi connectivity index (χ0) is 96.8. The van der Waals surface area contributed by atoms with Gasteiger partial charge in [-0.25, -0.2) is 19.9 Å². The van der Waals surface area contributed by atoms with E-state index in [0.717, 1.165) is 199 Å². The number of pyridine rings is 8. The summed E-state index contributed by atoms with van der Waals surface area (Å²) in [7, 11) is 8.66. The molecule has 4 aromatic carbocycles. The molecule has 20 rings (SSSR count). The Balaban J connectivity index is 0.000000129. The summed E-state index contributed by atoms with van der Waals surface area (Å²) in [6, 6.07) is 54.7. The topological polar surface area (TPSA) is 263 Å². The van der Waals surface area contributed by atoms with Crippen LogP contribution in [0.3, 0.4) is 0 Å². The number of aromatic nitrogens is 12. The normalized spacial score (nSPS) is 14.5. The molecule has 4 aliphatic rings. The number of hydrogen-bond donors (Lipinski definition) is 4. The lowest BCUT2D eigenvalue weighted by atomic mass is 10.1. The van der Waals surface area contributed by atoms with Crippen LogP contribution in [0.1, 0.15) is 131 Å². The van der Waals surface area contributed by atoms with Crippen molar-refractivity contribution in [3.05, 3.63) is 381 Å². The predicted octanol–water partition coefficient (Wildman–Crippen LogP) is 13.7. The lowest BCUT2D eigenvalue weighted by Gasteiger charge is -2.32. The third-order valence-electron chi connectivity index (χ3n) is 25.4. The molecule has 28 nitrogen and oxygen atoms in total. The van der Waals surface area contributed by atoms with Gasteiger partial charge in [0.1, 0.15) is 45.4 Å². The van der Waals surface area contributed by atoms with Crippen LogP contribution in [0.25, 0.3) is 22.6 Å². The number of amides is 4. The molecule has 28 heteroatoms.